The van der Waals surface area contributed by atoms with Crippen LogP contribution >= 0.6 is 0 Å². The van der Waals surface area contributed by atoms with E-state index >= 15 is 0 Å². The van der Waals surface area contributed by atoms with Crippen LogP contribution in [0.3, 0.4) is 0 Å². The number of aromatic nitrogens is 2. The van der Waals surface area contributed by atoms with Crippen molar-refractivity contribution in [3.05, 3.63) is 36.4 Å². The topological polar surface area (TPSA) is 57.0 Å². The van der Waals surface area contributed by atoms with Gasteiger partial charge in [-0.05, 0) is 18.7 Å². The third kappa shape index (κ3) is 1.62. The molecular weight excluding hydrogens is 166 g/mol. The highest BCUT2D eigenvalue weighted by Gasteiger charge is 2.02. The van der Waals surface area contributed by atoms with Crippen molar-refractivity contribution >= 4 is 0 Å². The van der Waals surface area contributed by atoms with Crippen LogP contribution in [0.2, 0.25) is 0 Å². The Labute approximate surface area is 76.0 Å². The molecule has 0 unspecified atom stereocenters. The summed E-state index contributed by atoms with van der Waals surface area (Å²) >= 11 is 0. The Morgan fingerprint density at radius 1 is 1.46 bits per heavy atom. The number of hydrogen-bond acceptors (Lipinski definition) is 3. The number of nitrogens with two attached hydrogens (primary N) is 1. The van der Waals surface area contributed by atoms with Gasteiger partial charge in [0.05, 0.1) is 0 Å². The molecule has 0 atom stereocenters. The fourth-order valence-corrected chi connectivity index (χ4v) is 1.17. The van der Waals surface area contributed by atoms with Crippen molar-refractivity contribution < 1.29 is 4.42 Å². The lowest BCUT2D eigenvalue weighted by Crippen LogP contribution is -2.01. The summed E-state index contributed by atoms with van der Waals surface area (Å²) in [5.41, 5.74) is 5.41. The van der Waals surface area contributed by atoms with E-state index in [2.05, 4.69) is 5.10 Å². The Morgan fingerprint density at radius 3 is 3.08 bits per heavy atom. The van der Waals surface area contributed by atoms with Gasteiger partial charge in [0.15, 0.2) is 0 Å². The summed E-state index contributed by atoms with van der Waals surface area (Å²) in [7, 11) is 0. The van der Waals surface area contributed by atoms with Crippen molar-refractivity contribution in [2.45, 2.75) is 6.42 Å². The minimum Gasteiger partial charge on any atom is -0.443 e. The zero-order chi connectivity index (χ0) is 9.10. The van der Waals surface area contributed by atoms with E-state index in [-0.39, 0.29) is 0 Å². The molecule has 2 rings (SSSR count). The van der Waals surface area contributed by atoms with E-state index in [9.17, 15) is 0 Å². The Morgan fingerprint density at radius 2 is 2.38 bits per heavy atom. The van der Waals surface area contributed by atoms with Gasteiger partial charge < -0.3 is 10.2 Å². The molecule has 0 spiro atoms. The first-order valence-electron chi connectivity index (χ1n) is 4.19. The lowest BCUT2D eigenvalue weighted by atomic mass is 10.3. The molecule has 2 aromatic rings. The van der Waals surface area contributed by atoms with Crippen LogP contribution in [0.4, 0.5) is 0 Å². The highest BCUT2D eigenvalue weighted by Crippen LogP contribution is 2.11. The second-order valence-corrected chi connectivity index (χ2v) is 2.73. The molecule has 0 radical (unpaired) electrons. The normalized spacial score (nSPS) is 10.5. The summed E-state index contributed by atoms with van der Waals surface area (Å²) in [6, 6.07) is 5.66. The van der Waals surface area contributed by atoms with E-state index in [0.717, 1.165) is 18.1 Å². The zero-order valence-electron chi connectivity index (χ0n) is 7.18. The van der Waals surface area contributed by atoms with Gasteiger partial charge in [-0.25, -0.2) is 4.68 Å². The molecule has 0 saturated heterocycles. The third-order valence-corrected chi connectivity index (χ3v) is 1.77. The molecule has 0 bridgehead atoms. The molecule has 0 aromatic carbocycles. The Balaban J connectivity index is 2.23. The van der Waals surface area contributed by atoms with Gasteiger partial charge in [0.25, 0.3) is 0 Å². The predicted molar refractivity (Wildman–Crippen MR) is 48.6 cm³/mol. The van der Waals surface area contributed by atoms with Crippen LogP contribution in [-0.4, -0.2) is 16.3 Å². The lowest BCUT2D eigenvalue weighted by molar-refractivity contribution is 0.479. The van der Waals surface area contributed by atoms with Crippen molar-refractivity contribution in [2.24, 2.45) is 5.73 Å². The van der Waals surface area contributed by atoms with E-state index in [0.29, 0.717) is 6.54 Å². The maximum absolute atomic E-state index is 5.49. The molecule has 68 valence electrons. The summed E-state index contributed by atoms with van der Waals surface area (Å²) in [5.74, 6) is 1.63. The van der Waals surface area contributed by atoms with Gasteiger partial charge in [-0.1, -0.05) is 0 Å². The molecule has 0 aliphatic carbocycles. The van der Waals surface area contributed by atoms with Crippen LogP contribution in [-0.2, 0) is 6.42 Å². The maximum atomic E-state index is 5.49. The van der Waals surface area contributed by atoms with E-state index in [1.165, 1.54) is 0 Å². The fourth-order valence-electron chi connectivity index (χ4n) is 1.17. The first-order chi connectivity index (χ1) is 6.40. The van der Waals surface area contributed by atoms with E-state index in [1.807, 2.05) is 24.4 Å². The van der Waals surface area contributed by atoms with Gasteiger partial charge in [0.1, 0.15) is 5.76 Å². The van der Waals surface area contributed by atoms with Crippen molar-refractivity contribution in [3.8, 4) is 5.88 Å². The summed E-state index contributed by atoms with van der Waals surface area (Å²) < 4.78 is 7.17. The predicted octanol–water partition coefficient (Wildman–Crippen LogP) is 0.967. The Bertz CT molecular complexity index is 364. The molecule has 2 N–H and O–H groups in total. The zero-order valence-corrected chi connectivity index (χ0v) is 7.18. The van der Waals surface area contributed by atoms with Crippen molar-refractivity contribution in [2.75, 3.05) is 6.54 Å². The minimum atomic E-state index is 0.603. The molecule has 4 heteroatoms. The van der Waals surface area contributed by atoms with Gasteiger partial charge in [0.2, 0.25) is 5.88 Å². The summed E-state index contributed by atoms with van der Waals surface area (Å²) in [6.45, 7) is 0.603. The molecule has 0 aliphatic heterocycles. The van der Waals surface area contributed by atoms with Gasteiger partial charge >= 0.3 is 0 Å². The maximum Gasteiger partial charge on any atom is 0.219 e. The van der Waals surface area contributed by atoms with Crippen LogP contribution in [0.5, 0.6) is 0 Å². The van der Waals surface area contributed by atoms with Gasteiger partial charge in [-0.15, -0.1) is 0 Å². The number of hydrogen-bond donors (Lipinski definition) is 1. The molecule has 13 heavy (non-hydrogen) atoms. The molecule has 2 aromatic heterocycles. The van der Waals surface area contributed by atoms with Crippen molar-refractivity contribution in [3.63, 3.8) is 0 Å². The van der Waals surface area contributed by atoms with E-state index in [4.69, 9.17) is 10.2 Å². The summed E-state index contributed by atoms with van der Waals surface area (Å²) in [4.78, 5) is 0. The molecule has 2 heterocycles. The number of nitrogens with zero attached hydrogens (tertiary/aromatic N) is 2. The molecule has 4 nitrogen and oxygen atoms in total. The highest BCUT2D eigenvalue weighted by atomic mass is 16.4. The quantitative estimate of drug-likeness (QED) is 0.759. The lowest BCUT2D eigenvalue weighted by Gasteiger charge is -1.94. The standard InChI is InChI=1S/C9H11N3O/c10-5-4-8-2-3-9(13-8)12-7-1-6-11-12/h1-3,6-7H,4-5,10H2. The van der Waals surface area contributed by atoms with Crippen LogP contribution in [0, 0.1) is 0 Å². The number of furan rings is 1. The largest absolute Gasteiger partial charge is 0.443 e. The van der Waals surface area contributed by atoms with Crippen molar-refractivity contribution in [1.82, 2.24) is 9.78 Å². The average molecular weight is 177 g/mol. The molecular formula is C9H11N3O. The van der Waals surface area contributed by atoms with E-state index < -0.39 is 0 Å². The average Bonchev–Trinajstić information content (AvgIpc) is 2.70. The van der Waals surface area contributed by atoms with Crippen LogP contribution in [0.25, 0.3) is 5.88 Å². The molecule has 0 amide bonds. The first kappa shape index (κ1) is 8.07. The summed E-state index contributed by atoms with van der Waals surface area (Å²) in [5, 5.41) is 4.05. The molecule has 0 aliphatic rings. The Kier molecular flexibility index (Phi) is 2.14. The molecule has 0 saturated carbocycles. The van der Waals surface area contributed by atoms with Crippen LogP contribution in [0.1, 0.15) is 5.76 Å². The van der Waals surface area contributed by atoms with Crippen molar-refractivity contribution in [1.29, 1.82) is 0 Å². The third-order valence-electron chi connectivity index (χ3n) is 1.77. The highest BCUT2D eigenvalue weighted by molar-refractivity contribution is 5.20. The second kappa shape index (κ2) is 3.45. The fraction of sp³-hybridized carbons (Fsp3) is 0.222. The SMILES string of the molecule is NCCc1ccc(-n2cccn2)o1. The smallest absolute Gasteiger partial charge is 0.219 e. The Hall–Kier alpha value is -1.55. The number of rotatable bonds is 3. The van der Waals surface area contributed by atoms with Crippen LogP contribution in [0.15, 0.2) is 35.0 Å². The van der Waals surface area contributed by atoms with Crippen LogP contribution < -0.4 is 5.73 Å². The summed E-state index contributed by atoms with van der Waals surface area (Å²) in [6.07, 6.45) is 4.32. The van der Waals surface area contributed by atoms with Gasteiger partial charge in [-0.3, -0.25) is 0 Å². The first-order valence-corrected chi connectivity index (χ1v) is 4.19. The monoisotopic (exact) mass is 177 g/mol. The van der Waals surface area contributed by atoms with E-state index in [1.54, 1.807) is 10.9 Å². The minimum absolute atomic E-state index is 0.603. The molecule has 0 fully saturated rings. The van der Waals surface area contributed by atoms with Gasteiger partial charge in [0, 0.05) is 24.9 Å². The van der Waals surface area contributed by atoms with Gasteiger partial charge in [-0.2, -0.15) is 5.10 Å². The second-order valence-electron chi connectivity index (χ2n) is 2.73.